The molecule has 6 rings (SSSR count). The first-order chi connectivity index (χ1) is 17.4. The fourth-order valence-corrected chi connectivity index (χ4v) is 5.91. The molecular weight excluding hydrogens is 486 g/mol. The molecule has 1 saturated carbocycles. The molecule has 4 aromatic rings. The first-order valence-electron chi connectivity index (χ1n) is 11.8. The number of sulfonamides is 1. The maximum atomic E-state index is 14.7. The molecule has 0 spiro atoms. The van der Waals surface area contributed by atoms with Crippen molar-refractivity contribution in [2.45, 2.75) is 18.1 Å². The molecule has 10 heteroatoms. The van der Waals surface area contributed by atoms with Crippen molar-refractivity contribution in [3.8, 4) is 16.8 Å². The number of nitrogens with one attached hydrogen (secondary N) is 1. The Labute approximate surface area is 207 Å². The van der Waals surface area contributed by atoms with E-state index >= 15 is 0 Å². The molecule has 1 aliphatic heterocycles. The molecule has 186 valence electrons. The van der Waals surface area contributed by atoms with E-state index in [1.165, 1.54) is 12.1 Å². The first-order valence-corrected chi connectivity index (χ1v) is 13.3. The minimum atomic E-state index is -3.55. The van der Waals surface area contributed by atoms with Gasteiger partial charge in [-0.05, 0) is 66.9 Å². The van der Waals surface area contributed by atoms with Crippen LogP contribution < -0.4 is 9.62 Å². The van der Waals surface area contributed by atoms with Crippen molar-refractivity contribution in [3.63, 3.8) is 0 Å². The molecule has 0 unspecified atom stereocenters. The summed E-state index contributed by atoms with van der Waals surface area (Å²) in [5.41, 5.74) is 4.15. The predicted octanol–water partition coefficient (Wildman–Crippen LogP) is 4.71. The van der Waals surface area contributed by atoms with E-state index in [0.717, 1.165) is 35.9 Å². The summed E-state index contributed by atoms with van der Waals surface area (Å²) >= 11 is 0. The van der Waals surface area contributed by atoms with E-state index in [0.29, 0.717) is 43.0 Å². The summed E-state index contributed by atoms with van der Waals surface area (Å²) in [4.78, 5) is 6.81. The van der Waals surface area contributed by atoms with Crippen molar-refractivity contribution >= 4 is 32.4 Å². The summed E-state index contributed by atoms with van der Waals surface area (Å²) in [6, 6.07) is 14.3. The molecule has 2 aliphatic rings. The van der Waals surface area contributed by atoms with Gasteiger partial charge < -0.3 is 9.64 Å². The van der Waals surface area contributed by atoms with E-state index in [9.17, 15) is 17.2 Å². The molecule has 2 fully saturated rings. The molecule has 0 radical (unpaired) electrons. The van der Waals surface area contributed by atoms with Gasteiger partial charge in [0.15, 0.2) is 0 Å². The van der Waals surface area contributed by atoms with Crippen LogP contribution in [0.25, 0.3) is 27.8 Å². The zero-order valence-electron chi connectivity index (χ0n) is 19.3. The third-order valence-electron chi connectivity index (χ3n) is 6.57. The minimum absolute atomic E-state index is 0.171. The Balaban J connectivity index is 1.44. The lowest BCUT2D eigenvalue weighted by molar-refractivity contribution is 0.122. The number of nitrogens with zero attached hydrogens (tertiary/aromatic N) is 3. The molecule has 1 aliphatic carbocycles. The topological polar surface area (TPSA) is 76.5 Å². The van der Waals surface area contributed by atoms with Crippen LogP contribution >= 0.6 is 0 Å². The molecule has 3 aromatic carbocycles. The number of imidazole rings is 1. The summed E-state index contributed by atoms with van der Waals surface area (Å²) in [7, 11) is -3.55. The van der Waals surface area contributed by atoms with E-state index in [4.69, 9.17) is 4.74 Å². The van der Waals surface area contributed by atoms with Crippen LogP contribution in [0.1, 0.15) is 12.8 Å². The molecular formula is C26H24F2N4O3S. The number of aromatic nitrogens is 2. The maximum absolute atomic E-state index is 14.7. The van der Waals surface area contributed by atoms with Gasteiger partial charge in [-0.1, -0.05) is 0 Å². The van der Waals surface area contributed by atoms with E-state index in [1.807, 2.05) is 22.8 Å². The highest BCUT2D eigenvalue weighted by Gasteiger charge is 2.35. The predicted molar refractivity (Wildman–Crippen MR) is 135 cm³/mol. The van der Waals surface area contributed by atoms with E-state index in [-0.39, 0.29) is 5.56 Å². The zero-order chi connectivity index (χ0) is 24.9. The van der Waals surface area contributed by atoms with Gasteiger partial charge in [0.05, 0.1) is 35.2 Å². The second-order valence-electron chi connectivity index (χ2n) is 9.13. The highest BCUT2D eigenvalue weighted by molar-refractivity contribution is 7.93. The molecule has 0 bridgehead atoms. The second-order valence-corrected chi connectivity index (χ2v) is 11.1. The van der Waals surface area contributed by atoms with Crippen molar-refractivity contribution in [1.82, 2.24) is 9.55 Å². The number of halogens is 2. The van der Waals surface area contributed by atoms with Gasteiger partial charge >= 0.3 is 0 Å². The normalized spacial score (nSPS) is 16.4. The number of rotatable bonds is 6. The Morgan fingerprint density at radius 2 is 1.75 bits per heavy atom. The Morgan fingerprint density at radius 3 is 2.50 bits per heavy atom. The van der Waals surface area contributed by atoms with Gasteiger partial charge in [-0.25, -0.2) is 22.2 Å². The molecule has 36 heavy (non-hydrogen) atoms. The smallest absolute Gasteiger partial charge is 0.235 e. The SMILES string of the molecule is O=S(=O)(Nc1cc(-c2ccc(F)cc2F)cc(-n2cnc3cc(N4CCOCC4)ccc32)c1)C1CC1. The zero-order valence-corrected chi connectivity index (χ0v) is 20.1. The van der Waals surface area contributed by atoms with Crippen molar-refractivity contribution in [1.29, 1.82) is 0 Å². The van der Waals surface area contributed by atoms with Crippen molar-refractivity contribution in [3.05, 3.63) is 72.6 Å². The quantitative estimate of drug-likeness (QED) is 0.407. The Morgan fingerprint density at radius 1 is 0.944 bits per heavy atom. The lowest BCUT2D eigenvalue weighted by atomic mass is 10.0. The number of benzene rings is 3. The molecule has 2 heterocycles. The Kier molecular flexibility index (Phi) is 5.65. The van der Waals surface area contributed by atoms with Gasteiger partial charge in [-0.2, -0.15) is 0 Å². The fourth-order valence-electron chi connectivity index (χ4n) is 4.54. The van der Waals surface area contributed by atoms with Crippen LogP contribution in [0, 0.1) is 11.6 Å². The standard InChI is InChI=1S/C26H24F2N4O3S/c27-18-1-5-23(24(28)13-18)17-11-19(30-36(33,34)22-3-4-22)14-21(12-17)32-16-29-25-15-20(2-6-26(25)32)31-7-9-35-10-8-31/h1-2,5-6,11-16,22,30H,3-4,7-10H2. The van der Waals surface area contributed by atoms with E-state index in [1.54, 1.807) is 24.5 Å². The van der Waals surface area contributed by atoms with Gasteiger partial charge in [-0.3, -0.25) is 9.29 Å². The van der Waals surface area contributed by atoms with Crippen LogP contribution in [0.15, 0.2) is 60.9 Å². The van der Waals surface area contributed by atoms with Crippen LogP contribution in [0.2, 0.25) is 0 Å². The Bertz CT molecular complexity index is 1560. The number of anilines is 2. The number of morpholine rings is 1. The largest absolute Gasteiger partial charge is 0.378 e. The summed E-state index contributed by atoms with van der Waals surface area (Å²) in [6.07, 6.45) is 2.89. The number of hydrogen-bond acceptors (Lipinski definition) is 5. The van der Waals surface area contributed by atoms with Crippen molar-refractivity contribution in [2.24, 2.45) is 0 Å². The summed E-state index contributed by atoms with van der Waals surface area (Å²) in [5, 5.41) is -0.417. The maximum Gasteiger partial charge on any atom is 0.235 e. The van der Waals surface area contributed by atoms with Gasteiger partial charge in [0, 0.05) is 36.1 Å². The summed E-state index contributed by atoms with van der Waals surface area (Å²) in [5.74, 6) is -1.41. The van der Waals surface area contributed by atoms with Gasteiger partial charge in [0.25, 0.3) is 0 Å². The number of hydrogen-bond donors (Lipinski definition) is 1. The first kappa shape index (κ1) is 22.9. The third kappa shape index (κ3) is 4.42. The fraction of sp³-hybridized carbons (Fsp3) is 0.269. The number of fused-ring (bicyclic) bond motifs is 1. The van der Waals surface area contributed by atoms with Gasteiger partial charge in [-0.15, -0.1) is 0 Å². The Hall–Kier alpha value is -3.50. The molecule has 1 aromatic heterocycles. The van der Waals surface area contributed by atoms with Gasteiger partial charge in [0.2, 0.25) is 10.0 Å². The van der Waals surface area contributed by atoms with Crippen LogP contribution in [0.3, 0.4) is 0 Å². The monoisotopic (exact) mass is 510 g/mol. The average Bonchev–Trinajstić information content (AvgIpc) is 3.65. The van der Waals surface area contributed by atoms with Gasteiger partial charge in [0.1, 0.15) is 18.0 Å². The van der Waals surface area contributed by atoms with E-state index < -0.39 is 26.9 Å². The van der Waals surface area contributed by atoms with Crippen molar-refractivity contribution < 1.29 is 21.9 Å². The highest BCUT2D eigenvalue weighted by Crippen LogP contribution is 2.34. The minimum Gasteiger partial charge on any atom is -0.378 e. The van der Waals surface area contributed by atoms with Crippen LogP contribution in [0.4, 0.5) is 20.2 Å². The molecule has 0 atom stereocenters. The average molecular weight is 511 g/mol. The highest BCUT2D eigenvalue weighted by atomic mass is 32.2. The van der Waals surface area contributed by atoms with Crippen LogP contribution in [-0.2, 0) is 14.8 Å². The molecule has 1 saturated heterocycles. The van der Waals surface area contributed by atoms with Crippen LogP contribution in [0.5, 0.6) is 0 Å². The molecule has 7 nitrogen and oxygen atoms in total. The summed E-state index contributed by atoms with van der Waals surface area (Å²) in [6.45, 7) is 2.97. The summed E-state index contributed by atoms with van der Waals surface area (Å²) < 4.78 is 63.5. The molecule has 1 N–H and O–H groups in total. The lowest BCUT2D eigenvalue weighted by Gasteiger charge is -2.28. The van der Waals surface area contributed by atoms with Crippen molar-refractivity contribution in [2.75, 3.05) is 35.9 Å². The molecule has 0 amide bonds. The second kappa shape index (κ2) is 8.86. The number of ether oxygens (including phenoxy) is 1. The third-order valence-corrected chi connectivity index (χ3v) is 8.44. The van der Waals surface area contributed by atoms with E-state index in [2.05, 4.69) is 14.6 Å². The van der Waals surface area contributed by atoms with Crippen LogP contribution in [-0.4, -0.2) is 49.5 Å². The lowest BCUT2D eigenvalue weighted by Crippen LogP contribution is -2.36.